The van der Waals surface area contributed by atoms with Gasteiger partial charge in [0.2, 0.25) is 5.91 Å². The lowest BCUT2D eigenvalue weighted by Crippen LogP contribution is -2.31. The second-order valence-corrected chi connectivity index (χ2v) is 7.61. The predicted octanol–water partition coefficient (Wildman–Crippen LogP) is 5.80. The molecule has 0 spiro atoms. The number of unbranched alkanes of at least 4 members (excludes halogenated alkanes) is 1. The highest BCUT2D eigenvalue weighted by atomic mass is 32.1. The van der Waals surface area contributed by atoms with Crippen LogP contribution in [0.1, 0.15) is 57.1 Å². The summed E-state index contributed by atoms with van der Waals surface area (Å²) in [6.45, 7) is 4.26. The van der Waals surface area contributed by atoms with E-state index in [1.54, 1.807) is 23.6 Å². The minimum absolute atomic E-state index is 0.0275. The van der Waals surface area contributed by atoms with Crippen molar-refractivity contribution in [3.05, 3.63) is 70.7 Å². The number of nitrogens with zero attached hydrogens (tertiary/aromatic N) is 1. The molecular formula is C23H30N2OS. The van der Waals surface area contributed by atoms with Crippen molar-refractivity contribution in [2.45, 2.75) is 58.4 Å². The number of carbonyl (C=O) groups is 1. The van der Waals surface area contributed by atoms with Gasteiger partial charge >= 0.3 is 0 Å². The van der Waals surface area contributed by atoms with Gasteiger partial charge in [0.25, 0.3) is 0 Å². The van der Waals surface area contributed by atoms with Crippen LogP contribution in [-0.4, -0.2) is 16.9 Å². The lowest BCUT2D eigenvalue weighted by molar-refractivity contribution is -0.117. The number of pyridine rings is 1. The van der Waals surface area contributed by atoms with Gasteiger partial charge < -0.3 is 5.32 Å². The van der Waals surface area contributed by atoms with E-state index in [-0.39, 0.29) is 11.9 Å². The number of hydrogen-bond donors (Lipinski definition) is 1. The van der Waals surface area contributed by atoms with Crippen LogP contribution in [0.25, 0.3) is 5.57 Å². The lowest BCUT2D eigenvalue weighted by atomic mass is 10.0. The van der Waals surface area contributed by atoms with Gasteiger partial charge in [-0.1, -0.05) is 31.6 Å². The molecule has 0 saturated heterocycles. The zero-order valence-corrected chi connectivity index (χ0v) is 17.2. The van der Waals surface area contributed by atoms with Crippen LogP contribution in [0.4, 0.5) is 0 Å². The molecule has 4 heteroatoms. The van der Waals surface area contributed by atoms with Crippen molar-refractivity contribution in [3.63, 3.8) is 0 Å². The van der Waals surface area contributed by atoms with Gasteiger partial charge in [0.1, 0.15) is 0 Å². The monoisotopic (exact) mass is 382 g/mol. The first-order chi connectivity index (χ1) is 13.2. The van der Waals surface area contributed by atoms with Crippen LogP contribution in [0.15, 0.2) is 59.6 Å². The van der Waals surface area contributed by atoms with Crippen molar-refractivity contribution in [2.75, 3.05) is 0 Å². The van der Waals surface area contributed by atoms with E-state index in [0.29, 0.717) is 0 Å². The van der Waals surface area contributed by atoms with E-state index in [2.05, 4.69) is 53.1 Å². The normalized spacial score (nSPS) is 13.0. The standard InChI is InChI=1S/C23H30N2OS/c1-3-4-11-21(22-14-16-27-18-22)12-6-13-23(26)25-19(2)8-5-9-20-10-7-15-24-17-20/h6-7,10,12-19H,3-5,8-9,11H2,1-2H3,(H,25,26)/b13-6+,21-12-/t19-/m1/s1. The molecule has 2 aromatic heterocycles. The Kier molecular flexibility index (Phi) is 9.56. The average Bonchev–Trinajstić information content (AvgIpc) is 3.20. The van der Waals surface area contributed by atoms with Crippen LogP contribution in [0.5, 0.6) is 0 Å². The van der Waals surface area contributed by atoms with E-state index in [0.717, 1.165) is 32.1 Å². The molecule has 0 aliphatic heterocycles. The Morgan fingerprint density at radius 2 is 2.22 bits per heavy atom. The molecule has 2 rings (SSSR count). The fourth-order valence-corrected chi connectivity index (χ4v) is 3.59. The first-order valence-corrected chi connectivity index (χ1v) is 10.7. The number of allylic oxidation sites excluding steroid dienone is 3. The largest absolute Gasteiger partial charge is 0.350 e. The fraction of sp³-hybridized carbons (Fsp3) is 0.391. The molecule has 1 N–H and O–H groups in total. The third-order valence-electron chi connectivity index (χ3n) is 4.45. The molecule has 3 nitrogen and oxygen atoms in total. The maximum absolute atomic E-state index is 12.1. The second kappa shape index (κ2) is 12.2. The first kappa shape index (κ1) is 21.1. The Morgan fingerprint density at radius 1 is 1.33 bits per heavy atom. The quantitative estimate of drug-likeness (QED) is 0.394. The molecule has 0 aromatic carbocycles. The predicted molar refractivity (Wildman–Crippen MR) is 116 cm³/mol. The van der Waals surface area contributed by atoms with Crippen LogP contribution in [0.2, 0.25) is 0 Å². The summed E-state index contributed by atoms with van der Waals surface area (Å²) in [6, 6.07) is 6.36. The molecule has 2 heterocycles. The molecule has 0 aliphatic rings. The van der Waals surface area contributed by atoms with E-state index < -0.39 is 0 Å². The van der Waals surface area contributed by atoms with Gasteiger partial charge in [-0.2, -0.15) is 11.3 Å². The van der Waals surface area contributed by atoms with Crippen LogP contribution in [-0.2, 0) is 11.2 Å². The summed E-state index contributed by atoms with van der Waals surface area (Å²) >= 11 is 1.71. The van der Waals surface area contributed by atoms with Gasteiger partial charge in [-0.05, 0) is 78.6 Å². The lowest BCUT2D eigenvalue weighted by Gasteiger charge is -2.12. The van der Waals surface area contributed by atoms with Gasteiger partial charge in [0.05, 0.1) is 0 Å². The summed E-state index contributed by atoms with van der Waals surface area (Å²) in [6.07, 6.45) is 15.6. The smallest absolute Gasteiger partial charge is 0.244 e. The van der Waals surface area contributed by atoms with Crippen LogP contribution < -0.4 is 5.32 Å². The molecule has 27 heavy (non-hydrogen) atoms. The van der Waals surface area contributed by atoms with Crippen molar-refractivity contribution in [1.29, 1.82) is 0 Å². The number of aromatic nitrogens is 1. The molecule has 0 radical (unpaired) electrons. The number of nitrogens with one attached hydrogen (secondary N) is 1. The topological polar surface area (TPSA) is 42.0 Å². The minimum Gasteiger partial charge on any atom is -0.350 e. The number of amides is 1. The Labute approximate surface area is 167 Å². The molecule has 0 fully saturated rings. The Morgan fingerprint density at radius 3 is 2.93 bits per heavy atom. The highest BCUT2D eigenvalue weighted by Crippen LogP contribution is 2.23. The minimum atomic E-state index is -0.0275. The molecule has 1 atom stereocenters. The van der Waals surface area contributed by atoms with E-state index in [1.165, 1.54) is 23.1 Å². The van der Waals surface area contributed by atoms with Gasteiger partial charge in [-0.25, -0.2) is 0 Å². The van der Waals surface area contributed by atoms with E-state index in [4.69, 9.17) is 0 Å². The Balaban J connectivity index is 1.77. The maximum atomic E-state index is 12.1. The van der Waals surface area contributed by atoms with Gasteiger partial charge in [0.15, 0.2) is 0 Å². The van der Waals surface area contributed by atoms with Crippen molar-refractivity contribution in [1.82, 2.24) is 10.3 Å². The third kappa shape index (κ3) is 8.35. The number of thiophene rings is 1. The SMILES string of the molecule is CCCC/C(=C/C=C/C(=O)N[C@H](C)CCCc1cccnc1)c1ccsc1. The number of carbonyl (C=O) groups excluding carboxylic acids is 1. The summed E-state index contributed by atoms with van der Waals surface area (Å²) in [4.78, 5) is 16.3. The first-order valence-electron chi connectivity index (χ1n) is 9.78. The third-order valence-corrected chi connectivity index (χ3v) is 5.13. The summed E-state index contributed by atoms with van der Waals surface area (Å²) in [7, 11) is 0. The Bertz CT molecular complexity index is 720. The van der Waals surface area contributed by atoms with Gasteiger partial charge in [0, 0.05) is 24.5 Å². The van der Waals surface area contributed by atoms with E-state index in [1.807, 2.05) is 18.3 Å². The highest BCUT2D eigenvalue weighted by molar-refractivity contribution is 7.08. The molecule has 0 bridgehead atoms. The number of hydrogen-bond acceptors (Lipinski definition) is 3. The molecule has 1 amide bonds. The van der Waals surface area contributed by atoms with E-state index in [9.17, 15) is 4.79 Å². The van der Waals surface area contributed by atoms with Crippen LogP contribution >= 0.6 is 11.3 Å². The summed E-state index contributed by atoms with van der Waals surface area (Å²) < 4.78 is 0. The average molecular weight is 383 g/mol. The van der Waals surface area contributed by atoms with Crippen LogP contribution in [0, 0.1) is 0 Å². The molecule has 0 aliphatic carbocycles. The highest BCUT2D eigenvalue weighted by Gasteiger charge is 2.05. The summed E-state index contributed by atoms with van der Waals surface area (Å²) in [5.41, 5.74) is 3.81. The maximum Gasteiger partial charge on any atom is 0.244 e. The number of aryl methyl sites for hydroxylation is 1. The van der Waals surface area contributed by atoms with Crippen molar-refractivity contribution >= 4 is 22.8 Å². The molecule has 0 saturated carbocycles. The van der Waals surface area contributed by atoms with Crippen molar-refractivity contribution in [3.8, 4) is 0 Å². The molecule has 0 unspecified atom stereocenters. The molecule has 144 valence electrons. The Hall–Kier alpha value is -2.20. The van der Waals surface area contributed by atoms with Crippen molar-refractivity contribution < 1.29 is 4.79 Å². The number of rotatable bonds is 11. The summed E-state index contributed by atoms with van der Waals surface area (Å²) in [5, 5.41) is 7.31. The van der Waals surface area contributed by atoms with E-state index >= 15 is 0 Å². The molecule has 2 aromatic rings. The zero-order valence-electron chi connectivity index (χ0n) is 16.4. The summed E-state index contributed by atoms with van der Waals surface area (Å²) in [5.74, 6) is -0.0275. The van der Waals surface area contributed by atoms with Crippen molar-refractivity contribution in [2.24, 2.45) is 0 Å². The zero-order chi connectivity index (χ0) is 19.3. The van der Waals surface area contributed by atoms with Crippen LogP contribution in [0.3, 0.4) is 0 Å². The molecular weight excluding hydrogens is 352 g/mol. The van der Waals surface area contributed by atoms with Gasteiger partial charge in [-0.3, -0.25) is 9.78 Å². The second-order valence-electron chi connectivity index (χ2n) is 6.83. The van der Waals surface area contributed by atoms with Gasteiger partial charge in [-0.15, -0.1) is 0 Å². The fourth-order valence-electron chi connectivity index (χ4n) is 2.91.